The SMILES string of the molecule is CC(c1cccnc1)N(C)C(=O)c1ccc(C[C@@H]2CC[C@H]([C@H](O)c3ccccc3)N2)cc1. The Balaban J connectivity index is 1.33. The molecule has 1 aromatic heterocycles. The van der Waals surface area contributed by atoms with Crippen LogP contribution in [0, 0.1) is 0 Å². The number of aromatic nitrogens is 1. The monoisotopic (exact) mass is 429 g/mol. The Hall–Kier alpha value is -3.02. The quantitative estimate of drug-likeness (QED) is 0.587. The number of rotatable bonds is 7. The molecule has 1 aliphatic rings. The molecule has 2 N–H and O–H groups in total. The topological polar surface area (TPSA) is 65.5 Å². The lowest BCUT2D eigenvalue weighted by Gasteiger charge is -2.25. The van der Waals surface area contributed by atoms with E-state index in [2.05, 4.69) is 10.3 Å². The van der Waals surface area contributed by atoms with Gasteiger partial charge in [-0.1, -0.05) is 48.5 Å². The van der Waals surface area contributed by atoms with Crippen molar-refractivity contribution < 1.29 is 9.90 Å². The molecule has 4 rings (SSSR count). The molecule has 1 aliphatic heterocycles. The third-order valence-electron chi connectivity index (χ3n) is 6.55. The van der Waals surface area contributed by atoms with Gasteiger partial charge < -0.3 is 15.3 Å². The smallest absolute Gasteiger partial charge is 0.254 e. The van der Waals surface area contributed by atoms with Gasteiger partial charge in [0.25, 0.3) is 5.91 Å². The van der Waals surface area contributed by atoms with E-state index in [0.29, 0.717) is 11.6 Å². The number of pyridine rings is 1. The molecule has 2 aromatic carbocycles. The van der Waals surface area contributed by atoms with Gasteiger partial charge >= 0.3 is 0 Å². The Bertz CT molecular complexity index is 1010. The first kappa shape index (κ1) is 22.2. The molecule has 0 saturated carbocycles. The number of amides is 1. The Morgan fingerprint density at radius 2 is 1.78 bits per heavy atom. The summed E-state index contributed by atoms with van der Waals surface area (Å²) in [5.74, 6) is -0.00191. The number of aliphatic hydroxyl groups excluding tert-OH is 1. The Morgan fingerprint density at radius 1 is 1.06 bits per heavy atom. The van der Waals surface area contributed by atoms with E-state index in [9.17, 15) is 9.90 Å². The molecule has 0 aliphatic carbocycles. The van der Waals surface area contributed by atoms with Crippen LogP contribution in [-0.2, 0) is 6.42 Å². The minimum Gasteiger partial charge on any atom is -0.387 e. The fourth-order valence-corrected chi connectivity index (χ4v) is 4.44. The van der Waals surface area contributed by atoms with E-state index < -0.39 is 6.10 Å². The number of carbonyl (C=O) groups excluding carboxylic acids is 1. The second-order valence-electron chi connectivity index (χ2n) is 8.68. The molecule has 0 spiro atoms. The van der Waals surface area contributed by atoms with Crippen LogP contribution in [0.2, 0.25) is 0 Å². The Morgan fingerprint density at radius 3 is 2.47 bits per heavy atom. The largest absolute Gasteiger partial charge is 0.387 e. The summed E-state index contributed by atoms with van der Waals surface area (Å²) in [5.41, 5.74) is 3.85. The molecule has 5 nitrogen and oxygen atoms in total. The van der Waals surface area contributed by atoms with Gasteiger partial charge in [0.1, 0.15) is 0 Å². The zero-order valence-electron chi connectivity index (χ0n) is 18.7. The van der Waals surface area contributed by atoms with Gasteiger partial charge in [0.05, 0.1) is 12.1 Å². The molecule has 1 unspecified atom stereocenters. The number of hydrogen-bond donors (Lipinski definition) is 2. The van der Waals surface area contributed by atoms with E-state index in [-0.39, 0.29) is 18.0 Å². The van der Waals surface area contributed by atoms with Crippen LogP contribution in [0.1, 0.15) is 59.0 Å². The van der Waals surface area contributed by atoms with Gasteiger partial charge in [-0.2, -0.15) is 0 Å². The number of nitrogens with one attached hydrogen (secondary N) is 1. The molecule has 1 fully saturated rings. The summed E-state index contributed by atoms with van der Waals surface area (Å²) in [4.78, 5) is 18.8. The summed E-state index contributed by atoms with van der Waals surface area (Å²) < 4.78 is 0. The van der Waals surface area contributed by atoms with E-state index >= 15 is 0 Å². The maximum Gasteiger partial charge on any atom is 0.254 e. The first-order valence-corrected chi connectivity index (χ1v) is 11.3. The predicted molar refractivity (Wildman–Crippen MR) is 126 cm³/mol. The summed E-state index contributed by atoms with van der Waals surface area (Å²) in [6.45, 7) is 2.01. The van der Waals surface area contributed by atoms with Crippen molar-refractivity contribution in [1.82, 2.24) is 15.2 Å². The van der Waals surface area contributed by atoms with Gasteiger partial charge in [-0.15, -0.1) is 0 Å². The number of carbonyl (C=O) groups is 1. The molecule has 166 valence electrons. The van der Waals surface area contributed by atoms with E-state index in [0.717, 1.165) is 30.4 Å². The standard InChI is InChI=1S/C27H31N3O2/c1-19(23-9-6-16-28-18-23)30(2)27(32)22-12-10-20(11-13-22)17-24-14-15-25(29-24)26(31)21-7-4-3-5-8-21/h3-13,16,18-19,24-26,29,31H,14-15,17H2,1-2H3/t19?,24-,25+,26+/m0/s1. The van der Waals surface area contributed by atoms with Crippen molar-refractivity contribution >= 4 is 5.91 Å². The number of aliphatic hydroxyl groups is 1. The van der Waals surface area contributed by atoms with Gasteiger partial charge in [0.2, 0.25) is 0 Å². The molecule has 2 heterocycles. The molecule has 5 heteroatoms. The number of nitrogens with zero attached hydrogens (tertiary/aromatic N) is 2. The number of hydrogen-bond acceptors (Lipinski definition) is 4. The van der Waals surface area contributed by atoms with Crippen molar-refractivity contribution in [3.63, 3.8) is 0 Å². The second kappa shape index (κ2) is 10.1. The van der Waals surface area contributed by atoms with Gasteiger partial charge in [-0.05, 0) is 61.1 Å². The zero-order chi connectivity index (χ0) is 22.5. The summed E-state index contributed by atoms with van der Waals surface area (Å²) >= 11 is 0. The molecule has 3 aromatic rings. The van der Waals surface area contributed by atoms with Gasteiger partial charge in [0, 0.05) is 37.1 Å². The third kappa shape index (κ3) is 5.06. The fraction of sp³-hybridized carbons (Fsp3) is 0.333. The van der Waals surface area contributed by atoms with Crippen LogP contribution in [0.25, 0.3) is 0 Å². The predicted octanol–water partition coefficient (Wildman–Crippen LogP) is 4.31. The van der Waals surface area contributed by atoms with E-state index in [1.54, 1.807) is 17.3 Å². The summed E-state index contributed by atoms with van der Waals surface area (Å²) in [5, 5.41) is 14.3. The van der Waals surface area contributed by atoms with Crippen molar-refractivity contribution in [3.05, 3.63) is 101 Å². The average Bonchev–Trinajstić information content (AvgIpc) is 3.32. The first-order chi connectivity index (χ1) is 15.5. The average molecular weight is 430 g/mol. The van der Waals surface area contributed by atoms with Gasteiger partial charge in [-0.3, -0.25) is 9.78 Å². The molecule has 0 bridgehead atoms. The van der Waals surface area contributed by atoms with Crippen LogP contribution in [0.5, 0.6) is 0 Å². The highest BCUT2D eigenvalue weighted by atomic mass is 16.3. The lowest BCUT2D eigenvalue weighted by Crippen LogP contribution is -2.35. The van der Waals surface area contributed by atoms with Crippen molar-refractivity contribution in [2.24, 2.45) is 0 Å². The van der Waals surface area contributed by atoms with Crippen LogP contribution in [0.15, 0.2) is 79.1 Å². The van der Waals surface area contributed by atoms with Gasteiger partial charge in [0.15, 0.2) is 0 Å². The van der Waals surface area contributed by atoms with Gasteiger partial charge in [-0.25, -0.2) is 0 Å². The zero-order valence-corrected chi connectivity index (χ0v) is 18.7. The maximum absolute atomic E-state index is 12.9. The van der Waals surface area contributed by atoms with Crippen LogP contribution in [-0.4, -0.2) is 40.0 Å². The van der Waals surface area contributed by atoms with E-state index in [1.165, 1.54) is 5.56 Å². The van der Waals surface area contributed by atoms with E-state index in [4.69, 9.17) is 0 Å². The molecule has 4 atom stereocenters. The normalized spacial score (nSPS) is 20.0. The summed E-state index contributed by atoms with van der Waals surface area (Å²) in [7, 11) is 1.83. The maximum atomic E-state index is 12.9. The third-order valence-corrected chi connectivity index (χ3v) is 6.55. The van der Waals surface area contributed by atoms with Crippen molar-refractivity contribution in [3.8, 4) is 0 Å². The Kier molecular flexibility index (Phi) is 6.98. The lowest BCUT2D eigenvalue weighted by atomic mass is 10.0. The molecule has 32 heavy (non-hydrogen) atoms. The number of benzene rings is 2. The van der Waals surface area contributed by atoms with Crippen molar-refractivity contribution in [1.29, 1.82) is 0 Å². The van der Waals surface area contributed by atoms with E-state index in [1.807, 2.05) is 80.7 Å². The lowest BCUT2D eigenvalue weighted by molar-refractivity contribution is 0.0742. The highest BCUT2D eigenvalue weighted by molar-refractivity contribution is 5.94. The van der Waals surface area contributed by atoms with Crippen LogP contribution in [0.4, 0.5) is 0 Å². The molecular weight excluding hydrogens is 398 g/mol. The molecule has 1 saturated heterocycles. The first-order valence-electron chi connectivity index (χ1n) is 11.3. The molecule has 0 radical (unpaired) electrons. The fourth-order valence-electron chi connectivity index (χ4n) is 4.44. The highest BCUT2D eigenvalue weighted by Gasteiger charge is 2.30. The molecule has 1 amide bonds. The van der Waals surface area contributed by atoms with Crippen LogP contribution in [0.3, 0.4) is 0 Å². The summed E-state index contributed by atoms with van der Waals surface area (Å²) in [6.07, 6.45) is 5.91. The van der Waals surface area contributed by atoms with Crippen LogP contribution >= 0.6 is 0 Å². The highest BCUT2D eigenvalue weighted by Crippen LogP contribution is 2.27. The van der Waals surface area contributed by atoms with Crippen LogP contribution < -0.4 is 5.32 Å². The van der Waals surface area contributed by atoms with Crippen molar-refractivity contribution in [2.75, 3.05) is 7.05 Å². The second-order valence-corrected chi connectivity index (χ2v) is 8.68. The van der Waals surface area contributed by atoms with Crippen molar-refractivity contribution in [2.45, 2.75) is 50.4 Å². The minimum absolute atomic E-state index is 0.00191. The summed E-state index contributed by atoms with van der Waals surface area (Å²) in [6, 6.07) is 22.0. The molecular formula is C27H31N3O2. The minimum atomic E-state index is -0.487. The Labute approximate surface area is 190 Å².